The molecule has 0 fully saturated rings. The van der Waals surface area contributed by atoms with E-state index in [4.69, 9.17) is 16.3 Å². The van der Waals surface area contributed by atoms with Crippen LogP contribution >= 0.6 is 22.9 Å². The fourth-order valence-electron chi connectivity index (χ4n) is 1.85. The lowest BCUT2D eigenvalue weighted by Crippen LogP contribution is -2.30. The van der Waals surface area contributed by atoms with Gasteiger partial charge in [0.25, 0.3) is 5.91 Å². The van der Waals surface area contributed by atoms with Gasteiger partial charge in [0.05, 0.1) is 10.9 Å². The first-order chi connectivity index (χ1) is 10.9. The molecule has 1 N–H and O–H groups in total. The second kappa shape index (κ2) is 7.99. The van der Waals surface area contributed by atoms with Gasteiger partial charge >= 0.3 is 0 Å². The zero-order valence-corrected chi connectivity index (χ0v) is 14.4. The average Bonchev–Trinajstić information content (AvgIpc) is 2.90. The van der Waals surface area contributed by atoms with Gasteiger partial charge in [0, 0.05) is 24.5 Å². The molecular weight excluding hydrogens is 336 g/mol. The molecule has 23 heavy (non-hydrogen) atoms. The van der Waals surface area contributed by atoms with Gasteiger partial charge in [-0.2, -0.15) is 0 Å². The summed E-state index contributed by atoms with van der Waals surface area (Å²) in [4.78, 5) is 25.6. The molecule has 0 saturated heterocycles. The predicted molar refractivity (Wildman–Crippen MR) is 92.0 cm³/mol. The Labute approximate surface area is 143 Å². The Morgan fingerprint density at radius 3 is 2.48 bits per heavy atom. The van der Waals surface area contributed by atoms with Crippen LogP contribution < -0.4 is 10.1 Å². The minimum atomic E-state index is -0.135. The van der Waals surface area contributed by atoms with Crippen LogP contribution in [0.3, 0.4) is 0 Å². The number of thiophene rings is 1. The monoisotopic (exact) mass is 352 g/mol. The highest BCUT2D eigenvalue weighted by atomic mass is 35.5. The van der Waals surface area contributed by atoms with Gasteiger partial charge in [-0.05, 0) is 36.4 Å². The topological polar surface area (TPSA) is 58.6 Å². The normalized spacial score (nSPS) is 10.2. The van der Waals surface area contributed by atoms with Gasteiger partial charge in [-0.15, -0.1) is 11.3 Å². The molecule has 0 aliphatic rings. The Morgan fingerprint density at radius 2 is 1.91 bits per heavy atom. The summed E-state index contributed by atoms with van der Waals surface area (Å²) in [7, 11) is 1.72. The summed E-state index contributed by atoms with van der Waals surface area (Å²) in [6.07, 6.45) is 0. The van der Waals surface area contributed by atoms with E-state index in [-0.39, 0.29) is 18.4 Å². The van der Waals surface area contributed by atoms with E-state index in [9.17, 15) is 9.59 Å². The molecule has 1 aromatic carbocycles. The molecule has 0 spiro atoms. The Morgan fingerprint density at radius 1 is 1.22 bits per heavy atom. The van der Waals surface area contributed by atoms with Crippen molar-refractivity contribution in [2.45, 2.75) is 13.5 Å². The van der Waals surface area contributed by atoms with Crippen molar-refractivity contribution in [3.05, 3.63) is 45.6 Å². The highest BCUT2D eigenvalue weighted by Crippen LogP contribution is 2.22. The van der Waals surface area contributed by atoms with Gasteiger partial charge < -0.3 is 15.0 Å². The summed E-state index contributed by atoms with van der Waals surface area (Å²) in [5.41, 5.74) is 0.683. The summed E-state index contributed by atoms with van der Waals surface area (Å²) in [6, 6.07) is 10.6. The first-order valence-electron chi connectivity index (χ1n) is 6.92. The van der Waals surface area contributed by atoms with E-state index in [1.807, 2.05) is 12.1 Å². The summed E-state index contributed by atoms with van der Waals surface area (Å²) >= 11 is 7.32. The number of nitrogens with one attached hydrogen (secondary N) is 1. The molecule has 5 nitrogen and oxygen atoms in total. The molecule has 0 unspecified atom stereocenters. The molecule has 2 amide bonds. The zero-order chi connectivity index (χ0) is 16.8. The van der Waals surface area contributed by atoms with Crippen molar-refractivity contribution in [1.29, 1.82) is 0 Å². The molecule has 2 rings (SSSR count). The van der Waals surface area contributed by atoms with Gasteiger partial charge in [-0.3, -0.25) is 9.59 Å². The van der Waals surface area contributed by atoms with Gasteiger partial charge in [0.1, 0.15) is 5.75 Å². The Kier molecular flexibility index (Phi) is 6.01. The Hall–Kier alpha value is -2.05. The van der Waals surface area contributed by atoms with Gasteiger partial charge in [0.15, 0.2) is 6.61 Å². The average molecular weight is 353 g/mol. The van der Waals surface area contributed by atoms with E-state index in [1.165, 1.54) is 18.3 Å². The van der Waals surface area contributed by atoms with Crippen molar-refractivity contribution in [1.82, 2.24) is 4.90 Å². The zero-order valence-electron chi connectivity index (χ0n) is 12.8. The van der Waals surface area contributed by atoms with E-state index in [2.05, 4.69) is 5.32 Å². The summed E-state index contributed by atoms with van der Waals surface area (Å²) in [5.74, 6) is 0.310. The summed E-state index contributed by atoms with van der Waals surface area (Å²) in [5, 5.41) is 2.67. The van der Waals surface area contributed by atoms with Crippen LogP contribution in [0, 0.1) is 0 Å². The third-order valence-electron chi connectivity index (χ3n) is 2.98. The lowest BCUT2D eigenvalue weighted by Gasteiger charge is -2.16. The van der Waals surface area contributed by atoms with Crippen LogP contribution in [0.25, 0.3) is 0 Å². The van der Waals surface area contributed by atoms with Crippen molar-refractivity contribution >= 4 is 40.4 Å². The number of hydrogen-bond donors (Lipinski definition) is 1. The van der Waals surface area contributed by atoms with Crippen molar-refractivity contribution < 1.29 is 14.3 Å². The number of carbonyl (C=O) groups excluding carboxylic acids is 2. The minimum Gasteiger partial charge on any atom is -0.484 e. The van der Waals surface area contributed by atoms with Crippen LogP contribution in [0.15, 0.2) is 36.4 Å². The highest BCUT2D eigenvalue weighted by Gasteiger charge is 2.11. The van der Waals surface area contributed by atoms with E-state index < -0.39 is 0 Å². The Bertz CT molecular complexity index is 685. The molecule has 2 aromatic rings. The van der Waals surface area contributed by atoms with E-state index in [0.29, 0.717) is 22.3 Å². The number of anilines is 1. The van der Waals surface area contributed by atoms with Gasteiger partial charge in [-0.1, -0.05) is 11.6 Å². The molecule has 1 heterocycles. The first kappa shape index (κ1) is 17.3. The molecule has 0 aliphatic carbocycles. The van der Waals surface area contributed by atoms with Crippen molar-refractivity contribution in [3.8, 4) is 5.75 Å². The van der Waals surface area contributed by atoms with Crippen LogP contribution in [-0.4, -0.2) is 30.4 Å². The lowest BCUT2D eigenvalue weighted by molar-refractivity contribution is -0.132. The molecule has 122 valence electrons. The number of benzene rings is 1. The number of carbonyl (C=O) groups is 2. The maximum atomic E-state index is 12.1. The summed E-state index contributed by atoms with van der Waals surface area (Å²) < 4.78 is 6.17. The van der Waals surface area contributed by atoms with E-state index in [0.717, 1.165) is 4.88 Å². The van der Waals surface area contributed by atoms with Crippen molar-refractivity contribution in [3.63, 3.8) is 0 Å². The second-order valence-electron chi connectivity index (χ2n) is 4.95. The van der Waals surface area contributed by atoms with Gasteiger partial charge in [-0.25, -0.2) is 0 Å². The number of ether oxygens (including phenoxy) is 1. The smallest absolute Gasteiger partial charge is 0.260 e. The van der Waals surface area contributed by atoms with Crippen LogP contribution in [0.4, 0.5) is 5.69 Å². The second-order valence-corrected chi connectivity index (χ2v) is 6.75. The fourth-order valence-corrected chi connectivity index (χ4v) is 2.99. The fraction of sp³-hybridized carbons (Fsp3) is 0.250. The number of halogens is 1. The van der Waals surface area contributed by atoms with Crippen molar-refractivity contribution in [2.24, 2.45) is 0 Å². The standard InChI is InChI=1S/C16H17ClN2O3S/c1-11(20)18-12-3-5-13(6-4-12)22-10-16(21)19(2)9-14-7-8-15(17)23-14/h3-8H,9-10H2,1-2H3,(H,18,20). The van der Waals surface area contributed by atoms with Crippen LogP contribution in [-0.2, 0) is 16.1 Å². The van der Waals surface area contributed by atoms with Crippen LogP contribution in [0.1, 0.15) is 11.8 Å². The van der Waals surface area contributed by atoms with E-state index >= 15 is 0 Å². The maximum Gasteiger partial charge on any atom is 0.260 e. The highest BCUT2D eigenvalue weighted by molar-refractivity contribution is 7.16. The Balaban J connectivity index is 1.82. The molecule has 0 radical (unpaired) electrons. The quantitative estimate of drug-likeness (QED) is 0.866. The minimum absolute atomic E-state index is 0.0465. The number of rotatable bonds is 6. The molecule has 0 aliphatic heterocycles. The molecule has 0 bridgehead atoms. The van der Waals surface area contributed by atoms with E-state index in [1.54, 1.807) is 36.2 Å². The third-order valence-corrected chi connectivity index (χ3v) is 4.20. The van der Waals surface area contributed by atoms with Crippen molar-refractivity contribution in [2.75, 3.05) is 19.0 Å². The molecule has 1 aromatic heterocycles. The first-order valence-corrected chi connectivity index (χ1v) is 8.12. The van der Waals surface area contributed by atoms with Crippen LogP contribution in [0.2, 0.25) is 4.34 Å². The maximum absolute atomic E-state index is 12.1. The number of nitrogens with zero attached hydrogens (tertiary/aromatic N) is 1. The SMILES string of the molecule is CC(=O)Nc1ccc(OCC(=O)N(C)Cc2ccc(Cl)s2)cc1. The van der Waals surface area contributed by atoms with Gasteiger partial charge in [0.2, 0.25) is 5.91 Å². The number of likely N-dealkylation sites (N-methyl/N-ethyl adjacent to an activating group) is 1. The molecular formula is C16H17ClN2O3S. The number of amides is 2. The van der Waals surface area contributed by atoms with Crippen LogP contribution in [0.5, 0.6) is 5.75 Å². The number of hydrogen-bond acceptors (Lipinski definition) is 4. The third kappa shape index (κ3) is 5.58. The lowest BCUT2D eigenvalue weighted by atomic mass is 10.3. The molecule has 7 heteroatoms. The largest absolute Gasteiger partial charge is 0.484 e. The summed E-state index contributed by atoms with van der Waals surface area (Å²) in [6.45, 7) is 1.90. The predicted octanol–water partition coefficient (Wildman–Crippen LogP) is 3.40. The molecule has 0 saturated carbocycles. The molecule has 0 atom stereocenters.